The molecule has 118 valence electrons. The van der Waals surface area contributed by atoms with Gasteiger partial charge in [-0.05, 0) is 77.0 Å². The fourth-order valence-electron chi connectivity index (χ4n) is 2.21. The van der Waals surface area contributed by atoms with E-state index >= 15 is 0 Å². The molecule has 0 aromatic heterocycles. The molecule has 1 atom stereocenters. The summed E-state index contributed by atoms with van der Waals surface area (Å²) in [7, 11) is 1.79. The first-order valence-electron chi connectivity index (χ1n) is 7.87. The van der Waals surface area contributed by atoms with E-state index in [0.29, 0.717) is 5.92 Å². The van der Waals surface area contributed by atoms with E-state index < -0.39 is 0 Å². The van der Waals surface area contributed by atoms with Crippen molar-refractivity contribution in [3.63, 3.8) is 0 Å². The van der Waals surface area contributed by atoms with Crippen LogP contribution in [0.4, 0.5) is 0 Å². The standard InChI is InChI=1S/C20H33N/c1-15(2)18(6)12-11-17(5)14-19(7)20(16(3)4)10-9-13-21-8/h9-10,13,17H,7,11-12,14H2,1-6,8H3/b10-9-,21-13-. The molecule has 0 aromatic carbocycles. The zero-order valence-corrected chi connectivity index (χ0v) is 15.1. The van der Waals surface area contributed by atoms with Crippen molar-refractivity contribution < 1.29 is 0 Å². The molecule has 1 unspecified atom stereocenters. The molecule has 0 aromatic rings. The van der Waals surface area contributed by atoms with Crippen LogP contribution in [0.1, 0.15) is 60.8 Å². The van der Waals surface area contributed by atoms with Gasteiger partial charge in [0.1, 0.15) is 0 Å². The Morgan fingerprint density at radius 2 is 1.71 bits per heavy atom. The molecule has 0 radical (unpaired) electrons. The molecule has 1 nitrogen and oxygen atoms in total. The van der Waals surface area contributed by atoms with Gasteiger partial charge in [-0.2, -0.15) is 0 Å². The van der Waals surface area contributed by atoms with Gasteiger partial charge < -0.3 is 0 Å². The molecule has 0 rings (SSSR count). The molecular formula is C20H33N. The minimum absolute atomic E-state index is 0.661. The lowest BCUT2D eigenvalue weighted by atomic mass is 9.90. The number of aliphatic imine (C=N–C) groups is 1. The van der Waals surface area contributed by atoms with Crippen molar-refractivity contribution >= 4 is 6.21 Å². The third-order valence-corrected chi connectivity index (χ3v) is 3.88. The van der Waals surface area contributed by atoms with E-state index in [1.54, 1.807) is 7.05 Å². The second-order valence-corrected chi connectivity index (χ2v) is 6.41. The Kier molecular flexibility index (Phi) is 9.69. The van der Waals surface area contributed by atoms with Gasteiger partial charge in [0.15, 0.2) is 0 Å². The van der Waals surface area contributed by atoms with Gasteiger partial charge in [-0.3, -0.25) is 4.99 Å². The minimum Gasteiger partial charge on any atom is -0.297 e. The number of nitrogens with zero attached hydrogens (tertiary/aromatic N) is 1. The topological polar surface area (TPSA) is 12.4 Å². The van der Waals surface area contributed by atoms with Gasteiger partial charge in [-0.15, -0.1) is 0 Å². The molecule has 0 saturated heterocycles. The van der Waals surface area contributed by atoms with Gasteiger partial charge in [0.05, 0.1) is 0 Å². The summed E-state index contributed by atoms with van der Waals surface area (Å²) in [6.07, 6.45) is 9.41. The molecule has 0 aliphatic rings. The normalized spacial score (nSPS) is 12.7. The zero-order valence-electron chi connectivity index (χ0n) is 15.1. The van der Waals surface area contributed by atoms with Crippen molar-refractivity contribution in [1.82, 2.24) is 0 Å². The number of allylic oxidation sites excluding steroid dienone is 7. The van der Waals surface area contributed by atoms with Crippen LogP contribution in [0.3, 0.4) is 0 Å². The molecule has 21 heavy (non-hydrogen) atoms. The first-order chi connectivity index (χ1) is 9.79. The van der Waals surface area contributed by atoms with Crippen LogP contribution in [0.25, 0.3) is 0 Å². The van der Waals surface area contributed by atoms with Gasteiger partial charge in [0.2, 0.25) is 0 Å². The molecule has 0 amide bonds. The molecule has 0 heterocycles. The summed E-state index contributed by atoms with van der Waals surface area (Å²) in [6, 6.07) is 0. The van der Waals surface area contributed by atoms with Crippen molar-refractivity contribution in [3.8, 4) is 0 Å². The minimum atomic E-state index is 0.661. The molecule has 0 spiro atoms. The number of hydrogen-bond acceptors (Lipinski definition) is 1. The highest BCUT2D eigenvalue weighted by Crippen LogP contribution is 2.25. The molecule has 0 fully saturated rings. The van der Waals surface area contributed by atoms with Crippen molar-refractivity contribution in [1.29, 1.82) is 0 Å². The maximum absolute atomic E-state index is 4.29. The van der Waals surface area contributed by atoms with Crippen molar-refractivity contribution in [2.75, 3.05) is 7.05 Å². The largest absolute Gasteiger partial charge is 0.297 e. The number of rotatable bonds is 8. The highest BCUT2D eigenvalue weighted by atomic mass is 14.6. The van der Waals surface area contributed by atoms with E-state index in [0.717, 1.165) is 6.42 Å². The first kappa shape index (κ1) is 19.6. The Morgan fingerprint density at radius 1 is 1.10 bits per heavy atom. The average molecular weight is 287 g/mol. The van der Waals surface area contributed by atoms with Crippen LogP contribution in [-0.4, -0.2) is 13.3 Å². The molecular weight excluding hydrogens is 254 g/mol. The van der Waals surface area contributed by atoms with Crippen LogP contribution in [0, 0.1) is 5.92 Å². The Balaban J connectivity index is 4.64. The Bertz CT molecular complexity index is 450. The highest BCUT2D eigenvalue weighted by Gasteiger charge is 2.08. The summed E-state index contributed by atoms with van der Waals surface area (Å²) in [6.45, 7) is 17.5. The van der Waals surface area contributed by atoms with E-state index in [4.69, 9.17) is 0 Å². The molecule has 0 N–H and O–H groups in total. The fraction of sp³-hybridized carbons (Fsp3) is 0.550. The van der Waals surface area contributed by atoms with E-state index in [-0.39, 0.29) is 0 Å². The predicted octanol–water partition coefficient (Wildman–Crippen LogP) is 6.30. The van der Waals surface area contributed by atoms with Crippen LogP contribution in [0.5, 0.6) is 0 Å². The Hall–Kier alpha value is -1.37. The smallest absolute Gasteiger partial charge is 0.0277 e. The van der Waals surface area contributed by atoms with Gasteiger partial charge in [0, 0.05) is 13.3 Å². The third kappa shape index (κ3) is 8.49. The van der Waals surface area contributed by atoms with Gasteiger partial charge in [-0.25, -0.2) is 0 Å². The summed E-state index contributed by atoms with van der Waals surface area (Å²) in [5.74, 6) is 0.661. The molecule has 0 aliphatic carbocycles. The van der Waals surface area contributed by atoms with E-state index in [9.17, 15) is 0 Å². The van der Waals surface area contributed by atoms with E-state index in [1.807, 2.05) is 12.3 Å². The summed E-state index contributed by atoms with van der Waals surface area (Å²) in [5, 5.41) is 0. The van der Waals surface area contributed by atoms with Crippen LogP contribution in [0.2, 0.25) is 0 Å². The van der Waals surface area contributed by atoms with Gasteiger partial charge >= 0.3 is 0 Å². The van der Waals surface area contributed by atoms with Crippen LogP contribution in [-0.2, 0) is 0 Å². The summed E-state index contributed by atoms with van der Waals surface area (Å²) in [4.78, 5) is 3.98. The second-order valence-electron chi connectivity index (χ2n) is 6.41. The Labute approximate surface area is 132 Å². The third-order valence-electron chi connectivity index (χ3n) is 3.88. The summed E-state index contributed by atoms with van der Waals surface area (Å²) >= 11 is 0. The highest BCUT2D eigenvalue weighted by molar-refractivity contribution is 5.72. The molecule has 1 heteroatoms. The van der Waals surface area contributed by atoms with Crippen molar-refractivity contribution in [2.45, 2.75) is 60.8 Å². The maximum atomic E-state index is 4.29. The molecule has 0 saturated carbocycles. The van der Waals surface area contributed by atoms with Gasteiger partial charge in [-0.1, -0.05) is 36.3 Å². The van der Waals surface area contributed by atoms with Crippen LogP contribution >= 0.6 is 0 Å². The first-order valence-corrected chi connectivity index (χ1v) is 7.87. The fourth-order valence-corrected chi connectivity index (χ4v) is 2.21. The van der Waals surface area contributed by atoms with E-state index in [1.165, 1.54) is 40.7 Å². The predicted molar refractivity (Wildman–Crippen MR) is 98.1 cm³/mol. The average Bonchev–Trinajstić information content (AvgIpc) is 2.40. The number of hydrogen-bond donors (Lipinski definition) is 0. The lowest BCUT2D eigenvalue weighted by Gasteiger charge is -2.16. The van der Waals surface area contributed by atoms with Crippen LogP contribution in [0.15, 0.2) is 51.6 Å². The SMILES string of the molecule is C=C(CC(C)CCC(C)=C(C)C)C(/C=C\C=N/C)=C(C)C. The zero-order chi connectivity index (χ0) is 16.4. The van der Waals surface area contributed by atoms with Crippen molar-refractivity contribution in [2.24, 2.45) is 10.9 Å². The molecule has 0 aliphatic heterocycles. The lowest BCUT2D eigenvalue weighted by molar-refractivity contribution is 0.529. The molecule has 0 bridgehead atoms. The monoisotopic (exact) mass is 287 g/mol. The van der Waals surface area contributed by atoms with Crippen LogP contribution < -0.4 is 0 Å². The van der Waals surface area contributed by atoms with Gasteiger partial charge in [0.25, 0.3) is 0 Å². The quantitative estimate of drug-likeness (QED) is 0.282. The van der Waals surface area contributed by atoms with Crippen molar-refractivity contribution in [3.05, 3.63) is 46.6 Å². The van der Waals surface area contributed by atoms with E-state index in [2.05, 4.69) is 59.2 Å². The maximum Gasteiger partial charge on any atom is 0.0277 e. The lowest BCUT2D eigenvalue weighted by Crippen LogP contribution is -2.00. The summed E-state index contributed by atoms with van der Waals surface area (Å²) < 4.78 is 0. The Morgan fingerprint density at radius 3 is 2.19 bits per heavy atom. The summed E-state index contributed by atoms with van der Waals surface area (Å²) in [5.41, 5.74) is 6.79. The second kappa shape index (κ2) is 10.4.